The number of phenolic OH excluding ortho intramolecular Hbond substituents is 1. The normalized spacial score (nSPS) is 11.2. The van der Waals surface area contributed by atoms with Crippen molar-refractivity contribution in [3.63, 3.8) is 0 Å². The predicted octanol–water partition coefficient (Wildman–Crippen LogP) is 1.89. The lowest BCUT2D eigenvalue weighted by molar-refractivity contribution is -0.133. The SMILES string of the molecule is COC(C)(C)C(=O)Nc1cc(F)ccc1O. The summed E-state index contributed by atoms with van der Waals surface area (Å²) in [5, 5.41) is 11.8. The Morgan fingerprint density at radius 1 is 1.50 bits per heavy atom. The monoisotopic (exact) mass is 227 g/mol. The number of rotatable bonds is 3. The second-order valence-corrected chi connectivity index (χ2v) is 3.83. The minimum Gasteiger partial charge on any atom is -0.506 e. The summed E-state index contributed by atoms with van der Waals surface area (Å²) in [4.78, 5) is 11.7. The van der Waals surface area contributed by atoms with Crippen molar-refractivity contribution in [3.05, 3.63) is 24.0 Å². The Balaban J connectivity index is 2.89. The highest BCUT2D eigenvalue weighted by molar-refractivity contribution is 5.97. The molecular formula is C11H14FNO3. The number of ether oxygens (including phenoxy) is 1. The maximum Gasteiger partial charge on any atom is 0.256 e. The van der Waals surface area contributed by atoms with Crippen molar-refractivity contribution in [2.45, 2.75) is 19.4 Å². The molecule has 0 saturated heterocycles. The summed E-state index contributed by atoms with van der Waals surface area (Å²) in [6.07, 6.45) is 0. The van der Waals surface area contributed by atoms with Crippen LogP contribution in [0.3, 0.4) is 0 Å². The van der Waals surface area contributed by atoms with E-state index in [-0.39, 0.29) is 11.4 Å². The molecule has 0 aliphatic carbocycles. The summed E-state index contributed by atoms with van der Waals surface area (Å²) in [6, 6.07) is 3.32. The molecule has 0 unspecified atom stereocenters. The third-order valence-corrected chi connectivity index (χ3v) is 2.26. The van der Waals surface area contributed by atoms with Crippen molar-refractivity contribution in [1.82, 2.24) is 0 Å². The van der Waals surface area contributed by atoms with Crippen LogP contribution in [0.5, 0.6) is 5.75 Å². The number of methoxy groups -OCH3 is 1. The molecule has 1 amide bonds. The van der Waals surface area contributed by atoms with Gasteiger partial charge in [0.15, 0.2) is 0 Å². The highest BCUT2D eigenvalue weighted by atomic mass is 19.1. The highest BCUT2D eigenvalue weighted by Crippen LogP contribution is 2.24. The Kier molecular flexibility index (Phi) is 3.49. The van der Waals surface area contributed by atoms with Crippen LogP contribution in [-0.2, 0) is 9.53 Å². The van der Waals surface area contributed by atoms with Gasteiger partial charge in [0.1, 0.15) is 17.2 Å². The number of benzene rings is 1. The third kappa shape index (κ3) is 2.70. The average Bonchev–Trinajstić information content (AvgIpc) is 2.23. The molecule has 0 aliphatic rings. The van der Waals surface area contributed by atoms with E-state index in [4.69, 9.17) is 4.74 Å². The molecule has 0 aromatic heterocycles. The topological polar surface area (TPSA) is 58.6 Å². The molecule has 1 aromatic carbocycles. The number of anilines is 1. The van der Waals surface area contributed by atoms with E-state index < -0.39 is 17.3 Å². The molecule has 0 atom stereocenters. The summed E-state index contributed by atoms with van der Waals surface area (Å²) >= 11 is 0. The number of halogens is 1. The molecule has 0 saturated carbocycles. The van der Waals surface area contributed by atoms with Crippen molar-refractivity contribution in [3.8, 4) is 5.75 Å². The fourth-order valence-corrected chi connectivity index (χ4v) is 0.974. The van der Waals surface area contributed by atoms with E-state index in [0.717, 1.165) is 12.1 Å². The minimum absolute atomic E-state index is 0.0233. The number of nitrogens with one attached hydrogen (secondary N) is 1. The van der Waals surface area contributed by atoms with Gasteiger partial charge in [-0.2, -0.15) is 0 Å². The standard InChI is InChI=1S/C11H14FNO3/c1-11(2,16-3)10(15)13-8-6-7(12)4-5-9(8)14/h4-6,14H,1-3H3,(H,13,15). The second-order valence-electron chi connectivity index (χ2n) is 3.83. The van der Waals surface area contributed by atoms with E-state index >= 15 is 0 Å². The summed E-state index contributed by atoms with van der Waals surface area (Å²) < 4.78 is 17.8. The van der Waals surface area contributed by atoms with Gasteiger partial charge in [0.25, 0.3) is 5.91 Å². The zero-order valence-corrected chi connectivity index (χ0v) is 9.37. The van der Waals surface area contributed by atoms with Gasteiger partial charge in [-0.3, -0.25) is 4.79 Å². The van der Waals surface area contributed by atoms with E-state index in [0.29, 0.717) is 0 Å². The number of hydrogen-bond donors (Lipinski definition) is 2. The summed E-state index contributed by atoms with van der Waals surface area (Å²) in [5.41, 5.74) is -1.02. The molecule has 5 heteroatoms. The molecule has 2 N–H and O–H groups in total. The Labute approximate surface area is 93.0 Å². The summed E-state index contributed by atoms with van der Waals surface area (Å²) in [7, 11) is 1.39. The number of phenols is 1. The lowest BCUT2D eigenvalue weighted by Crippen LogP contribution is -2.38. The molecule has 16 heavy (non-hydrogen) atoms. The van der Waals surface area contributed by atoms with Crippen molar-refractivity contribution >= 4 is 11.6 Å². The third-order valence-electron chi connectivity index (χ3n) is 2.26. The van der Waals surface area contributed by atoms with Crippen LogP contribution in [0, 0.1) is 5.82 Å². The highest BCUT2D eigenvalue weighted by Gasteiger charge is 2.27. The Bertz CT molecular complexity index is 404. The average molecular weight is 227 g/mol. The molecule has 0 aliphatic heterocycles. The molecule has 1 rings (SSSR count). The number of amides is 1. The molecule has 0 heterocycles. The summed E-state index contributed by atoms with van der Waals surface area (Å²) in [6.45, 7) is 3.14. The Morgan fingerprint density at radius 2 is 2.12 bits per heavy atom. The first-order valence-electron chi connectivity index (χ1n) is 4.72. The quantitative estimate of drug-likeness (QED) is 0.775. The van der Waals surface area contributed by atoms with Gasteiger partial charge >= 0.3 is 0 Å². The van der Waals surface area contributed by atoms with Crippen LogP contribution in [0.25, 0.3) is 0 Å². The number of aromatic hydroxyl groups is 1. The summed E-state index contributed by atoms with van der Waals surface area (Å²) in [5.74, 6) is -1.19. The number of carbonyl (C=O) groups excluding carboxylic acids is 1. The van der Waals surface area contributed by atoms with Gasteiger partial charge in [-0.1, -0.05) is 0 Å². The smallest absolute Gasteiger partial charge is 0.256 e. The van der Waals surface area contributed by atoms with Gasteiger partial charge in [-0.15, -0.1) is 0 Å². The molecule has 1 aromatic rings. The van der Waals surface area contributed by atoms with Crippen LogP contribution in [-0.4, -0.2) is 23.7 Å². The van der Waals surface area contributed by atoms with Crippen molar-refractivity contribution in [1.29, 1.82) is 0 Å². The Morgan fingerprint density at radius 3 is 2.69 bits per heavy atom. The molecule has 88 valence electrons. The largest absolute Gasteiger partial charge is 0.506 e. The van der Waals surface area contributed by atoms with E-state index in [2.05, 4.69) is 5.32 Å². The fraction of sp³-hybridized carbons (Fsp3) is 0.364. The molecule has 0 spiro atoms. The molecular weight excluding hydrogens is 213 g/mol. The number of carbonyl (C=O) groups is 1. The first-order chi connectivity index (χ1) is 7.36. The molecule has 0 radical (unpaired) electrons. The van der Waals surface area contributed by atoms with Crippen molar-refractivity contribution < 1.29 is 19.0 Å². The zero-order valence-electron chi connectivity index (χ0n) is 9.37. The molecule has 0 fully saturated rings. The van der Waals surface area contributed by atoms with E-state index in [1.165, 1.54) is 13.2 Å². The van der Waals surface area contributed by atoms with Crippen molar-refractivity contribution in [2.75, 3.05) is 12.4 Å². The van der Waals surface area contributed by atoms with Crippen LogP contribution in [0.15, 0.2) is 18.2 Å². The van der Waals surface area contributed by atoms with Crippen LogP contribution in [0.1, 0.15) is 13.8 Å². The van der Waals surface area contributed by atoms with Crippen LogP contribution >= 0.6 is 0 Å². The van der Waals surface area contributed by atoms with Gasteiger partial charge in [-0.25, -0.2) is 4.39 Å². The van der Waals surface area contributed by atoms with Gasteiger partial charge in [-0.05, 0) is 26.0 Å². The van der Waals surface area contributed by atoms with E-state index in [1.54, 1.807) is 13.8 Å². The van der Waals surface area contributed by atoms with Crippen LogP contribution < -0.4 is 5.32 Å². The Hall–Kier alpha value is -1.62. The van der Waals surface area contributed by atoms with Crippen molar-refractivity contribution in [2.24, 2.45) is 0 Å². The second kappa shape index (κ2) is 4.49. The molecule has 0 bridgehead atoms. The van der Waals surface area contributed by atoms with E-state index in [1.807, 2.05) is 0 Å². The van der Waals surface area contributed by atoms with Gasteiger partial charge in [0, 0.05) is 13.2 Å². The lowest BCUT2D eigenvalue weighted by atomic mass is 10.1. The van der Waals surface area contributed by atoms with E-state index in [9.17, 15) is 14.3 Å². The first kappa shape index (κ1) is 12.4. The fourth-order valence-electron chi connectivity index (χ4n) is 0.974. The van der Waals surface area contributed by atoms with Gasteiger partial charge < -0.3 is 15.2 Å². The van der Waals surface area contributed by atoms with Gasteiger partial charge in [0.2, 0.25) is 0 Å². The molecule has 4 nitrogen and oxygen atoms in total. The number of hydrogen-bond acceptors (Lipinski definition) is 3. The van der Waals surface area contributed by atoms with Crippen LogP contribution in [0.4, 0.5) is 10.1 Å². The maximum absolute atomic E-state index is 12.9. The first-order valence-corrected chi connectivity index (χ1v) is 4.72. The predicted molar refractivity (Wildman–Crippen MR) is 57.8 cm³/mol. The van der Waals surface area contributed by atoms with Crippen LogP contribution in [0.2, 0.25) is 0 Å². The lowest BCUT2D eigenvalue weighted by Gasteiger charge is -2.21. The minimum atomic E-state index is -1.04. The zero-order chi connectivity index (χ0) is 12.3. The maximum atomic E-state index is 12.9. The van der Waals surface area contributed by atoms with Gasteiger partial charge in [0.05, 0.1) is 5.69 Å².